The number of nitrogens with zero attached hydrogens (tertiary/aromatic N) is 2. The Kier molecular flexibility index (Phi) is 6.74. The number of likely N-dealkylation sites (tertiary alicyclic amines) is 1. The van der Waals surface area contributed by atoms with Crippen molar-refractivity contribution in [2.24, 2.45) is 0 Å². The lowest BCUT2D eigenvalue weighted by atomic mass is 10.0. The van der Waals surface area contributed by atoms with Gasteiger partial charge in [-0.1, -0.05) is 0 Å². The van der Waals surface area contributed by atoms with Gasteiger partial charge in [-0.15, -0.1) is 0 Å². The predicted octanol–water partition coefficient (Wildman–Crippen LogP) is 1.42. The van der Waals surface area contributed by atoms with Crippen LogP contribution >= 0.6 is 0 Å². The van der Waals surface area contributed by atoms with Crippen molar-refractivity contribution in [3.63, 3.8) is 0 Å². The first-order chi connectivity index (χ1) is 8.83. The minimum Gasteiger partial charge on any atom is -0.383 e. The lowest BCUT2D eigenvalue weighted by Crippen LogP contribution is -2.54. The van der Waals surface area contributed by atoms with Crippen molar-refractivity contribution in [3.05, 3.63) is 0 Å². The minimum absolute atomic E-state index is 0.163. The van der Waals surface area contributed by atoms with Gasteiger partial charge in [0, 0.05) is 37.8 Å². The van der Waals surface area contributed by atoms with Crippen LogP contribution in [0.25, 0.3) is 0 Å². The molecule has 1 rings (SSSR count). The Hall–Kier alpha value is -0.160. The van der Waals surface area contributed by atoms with Crippen molar-refractivity contribution in [3.8, 4) is 0 Å². The van der Waals surface area contributed by atoms with Gasteiger partial charge in [0.2, 0.25) is 0 Å². The first-order valence-corrected chi connectivity index (χ1v) is 7.48. The first-order valence-electron chi connectivity index (χ1n) is 7.48. The van der Waals surface area contributed by atoms with Gasteiger partial charge >= 0.3 is 0 Å². The maximum absolute atomic E-state index is 5.41. The van der Waals surface area contributed by atoms with E-state index in [1.165, 1.54) is 25.9 Å². The number of likely N-dealkylation sites (N-methyl/N-ethyl adjacent to an activating group) is 2. The monoisotopic (exact) mass is 271 g/mol. The summed E-state index contributed by atoms with van der Waals surface area (Å²) >= 11 is 0. The van der Waals surface area contributed by atoms with Gasteiger partial charge in [0.05, 0.1) is 6.61 Å². The quantitative estimate of drug-likeness (QED) is 0.791. The number of nitrogens with one attached hydrogen (secondary N) is 1. The van der Waals surface area contributed by atoms with Gasteiger partial charge in [0.15, 0.2) is 0 Å². The van der Waals surface area contributed by atoms with E-state index in [-0.39, 0.29) is 5.54 Å². The second-order valence-electron chi connectivity index (χ2n) is 6.96. The summed E-state index contributed by atoms with van der Waals surface area (Å²) in [6.07, 6.45) is 2.61. The Morgan fingerprint density at radius 3 is 2.63 bits per heavy atom. The van der Waals surface area contributed by atoms with Gasteiger partial charge in [0.25, 0.3) is 0 Å². The Balaban J connectivity index is 2.53. The van der Waals surface area contributed by atoms with Crippen LogP contribution in [0.2, 0.25) is 0 Å². The maximum atomic E-state index is 5.41. The Morgan fingerprint density at radius 2 is 2.11 bits per heavy atom. The summed E-state index contributed by atoms with van der Waals surface area (Å²) in [5.41, 5.74) is 0.163. The van der Waals surface area contributed by atoms with Crippen LogP contribution in [0.3, 0.4) is 0 Å². The molecule has 4 heteroatoms. The number of hydrogen-bond donors (Lipinski definition) is 1. The highest BCUT2D eigenvalue weighted by Gasteiger charge is 2.27. The van der Waals surface area contributed by atoms with Crippen LogP contribution < -0.4 is 5.32 Å². The molecule has 1 N–H and O–H groups in total. The molecule has 4 nitrogen and oxygen atoms in total. The molecule has 1 aliphatic heterocycles. The van der Waals surface area contributed by atoms with E-state index in [2.05, 4.69) is 50.0 Å². The molecule has 0 spiro atoms. The third-order valence-corrected chi connectivity index (χ3v) is 3.98. The zero-order valence-corrected chi connectivity index (χ0v) is 13.7. The fourth-order valence-electron chi connectivity index (χ4n) is 2.71. The third-order valence-electron chi connectivity index (χ3n) is 3.98. The molecule has 1 fully saturated rings. The lowest BCUT2D eigenvalue weighted by Gasteiger charge is -2.40. The smallest absolute Gasteiger partial charge is 0.0630 e. The van der Waals surface area contributed by atoms with Crippen molar-refractivity contribution < 1.29 is 4.74 Å². The van der Waals surface area contributed by atoms with E-state index in [0.29, 0.717) is 12.1 Å². The SMILES string of the molecule is COCC(CNC(C)(C)C)N(C)C1CCCN(C)C1. The average Bonchev–Trinajstić information content (AvgIpc) is 2.32. The van der Waals surface area contributed by atoms with E-state index in [1.54, 1.807) is 7.11 Å². The molecular weight excluding hydrogens is 238 g/mol. The first kappa shape index (κ1) is 16.9. The average molecular weight is 271 g/mol. The van der Waals surface area contributed by atoms with Crippen molar-refractivity contribution in [1.29, 1.82) is 0 Å². The molecular formula is C15H33N3O. The summed E-state index contributed by atoms with van der Waals surface area (Å²) in [7, 11) is 6.27. The van der Waals surface area contributed by atoms with Crippen LogP contribution in [-0.4, -0.2) is 74.9 Å². The van der Waals surface area contributed by atoms with E-state index < -0.39 is 0 Å². The van der Waals surface area contributed by atoms with Gasteiger partial charge in [-0.05, 0) is 54.3 Å². The predicted molar refractivity (Wildman–Crippen MR) is 81.7 cm³/mol. The highest BCUT2D eigenvalue weighted by atomic mass is 16.5. The van der Waals surface area contributed by atoms with Gasteiger partial charge < -0.3 is 15.0 Å². The summed E-state index contributed by atoms with van der Waals surface area (Å²) in [5.74, 6) is 0. The van der Waals surface area contributed by atoms with Crippen LogP contribution in [0.5, 0.6) is 0 Å². The van der Waals surface area contributed by atoms with E-state index in [1.807, 2.05) is 0 Å². The Labute approximate surface area is 119 Å². The van der Waals surface area contributed by atoms with Gasteiger partial charge in [-0.2, -0.15) is 0 Å². The van der Waals surface area contributed by atoms with Crippen LogP contribution in [-0.2, 0) is 4.74 Å². The van der Waals surface area contributed by atoms with E-state index in [9.17, 15) is 0 Å². The Morgan fingerprint density at radius 1 is 1.42 bits per heavy atom. The summed E-state index contributed by atoms with van der Waals surface area (Å²) in [6, 6.07) is 1.10. The van der Waals surface area contributed by atoms with E-state index in [0.717, 1.165) is 13.2 Å². The topological polar surface area (TPSA) is 27.7 Å². The zero-order chi connectivity index (χ0) is 14.5. The molecule has 0 aromatic carbocycles. The molecule has 2 atom stereocenters. The molecule has 1 heterocycles. The molecule has 0 aromatic rings. The fraction of sp³-hybridized carbons (Fsp3) is 1.00. The fourth-order valence-corrected chi connectivity index (χ4v) is 2.71. The molecule has 1 saturated heterocycles. The highest BCUT2D eigenvalue weighted by molar-refractivity contribution is 4.84. The van der Waals surface area contributed by atoms with Crippen LogP contribution in [0.1, 0.15) is 33.6 Å². The van der Waals surface area contributed by atoms with Gasteiger partial charge in [-0.3, -0.25) is 4.90 Å². The van der Waals surface area contributed by atoms with E-state index in [4.69, 9.17) is 4.74 Å². The summed E-state index contributed by atoms with van der Waals surface area (Å²) in [4.78, 5) is 4.95. The maximum Gasteiger partial charge on any atom is 0.0630 e. The number of piperidine rings is 1. The largest absolute Gasteiger partial charge is 0.383 e. The Bertz CT molecular complexity index is 252. The van der Waals surface area contributed by atoms with Crippen molar-refractivity contribution in [2.45, 2.75) is 51.2 Å². The van der Waals surface area contributed by atoms with Crippen molar-refractivity contribution >= 4 is 0 Å². The molecule has 0 aromatic heterocycles. The molecule has 1 aliphatic rings. The van der Waals surface area contributed by atoms with Crippen LogP contribution in [0.15, 0.2) is 0 Å². The summed E-state index contributed by atoms with van der Waals surface area (Å²) in [6.45, 7) is 10.8. The van der Waals surface area contributed by atoms with Crippen molar-refractivity contribution in [2.75, 3.05) is 47.4 Å². The van der Waals surface area contributed by atoms with Crippen molar-refractivity contribution in [1.82, 2.24) is 15.1 Å². The molecule has 2 unspecified atom stereocenters. The normalized spacial score (nSPS) is 23.8. The molecule has 0 aliphatic carbocycles. The molecule has 0 amide bonds. The highest BCUT2D eigenvalue weighted by Crippen LogP contribution is 2.16. The number of hydrogen-bond acceptors (Lipinski definition) is 4. The molecule has 114 valence electrons. The zero-order valence-electron chi connectivity index (χ0n) is 13.7. The summed E-state index contributed by atoms with van der Waals surface area (Å²) < 4.78 is 5.41. The minimum atomic E-state index is 0.163. The molecule has 19 heavy (non-hydrogen) atoms. The number of rotatable bonds is 6. The third kappa shape index (κ3) is 6.21. The van der Waals surface area contributed by atoms with E-state index >= 15 is 0 Å². The molecule has 0 saturated carbocycles. The van der Waals surface area contributed by atoms with Gasteiger partial charge in [-0.25, -0.2) is 0 Å². The number of methoxy groups -OCH3 is 1. The second kappa shape index (κ2) is 7.58. The lowest BCUT2D eigenvalue weighted by molar-refractivity contribution is 0.0485. The number of ether oxygens (including phenoxy) is 1. The molecule has 0 bridgehead atoms. The second-order valence-corrected chi connectivity index (χ2v) is 6.96. The summed E-state index contributed by atoms with van der Waals surface area (Å²) in [5, 5.41) is 3.60. The van der Waals surface area contributed by atoms with Gasteiger partial charge in [0.1, 0.15) is 0 Å². The standard InChI is InChI=1S/C15H33N3O/c1-15(2,3)16-10-14(12-19-6)18(5)13-8-7-9-17(4)11-13/h13-14,16H,7-12H2,1-6H3. The molecule has 0 radical (unpaired) electrons. The van der Waals surface area contributed by atoms with Crippen LogP contribution in [0.4, 0.5) is 0 Å². The van der Waals surface area contributed by atoms with Crippen LogP contribution in [0, 0.1) is 0 Å².